The number of ether oxygens (including phenoxy) is 2. The van der Waals surface area contributed by atoms with E-state index >= 15 is 0 Å². The second-order valence-corrected chi connectivity index (χ2v) is 8.71. The molecule has 0 saturated heterocycles. The highest BCUT2D eigenvalue weighted by Crippen LogP contribution is 2.25. The minimum Gasteiger partial charge on any atom is -0.489 e. The van der Waals surface area contributed by atoms with Crippen LogP contribution in [0, 0.1) is 0 Å². The number of nitrogens with zero attached hydrogens (tertiary/aromatic N) is 3. The van der Waals surface area contributed by atoms with Crippen molar-refractivity contribution < 1.29 is 27.4 Å². The molecule has 0 aliphatic carbocycles. The Morgan fingerprint density at radius 1 is 1.03 bits per heavy atom. The predicted molar refractivity (Wildman–Crippen MR) is 134 cm³/mol. The fraction of sp³-hybridized carbons (Fsp3) is 0.259. The highest BCUT2D eigenvalue weighted by molar-refractivity contribution is 5.97. The van der Waals surface area contributed by atoms with Crippen molar-refractivity contribution in [2.75, 3.05) is 27.2 Å². The van der Waals surface area contributed by atoms with Gasteiger partial charge in [0.05, 0.1) is 16.7 Å². The van der Waals surface area contributed by atoms with E-state index in [2.05, 4.69) is 19.9 Å². The molecular formula is C27H27F3N4O3. The van der Waals surface area contributed by atoms with E-state index in [9.17, 15) is 18.0 Å². The van der Waals surface area contributed by atoms with Crippen molar-refractivity contribution in [3.8, 4) is 17.2 Å². The molecular weight excluding hydrogens is 485 g/mol. The van der Waals surface area contributed by atoms with Crippen LogP contribution < -0.4 is 14.8 Å². The quantitative estimate of drug-likeness (QED) is 0.297. The highest BCUT2D eigenvalue weighted by Gasteiger charge is 2.30. The summed E-state index contributed by atoms with van der Waals surface area (Å²) in [5.41, 5.74) is 3.58. The summed E-state index contributed by atoms with van der Waals surface area (Å²) in [5, 5.41) is 2.93. The zero-order chi connectivity index (χ0) is 26.4. The van der Waals surface area contributed by atoms with Crippen molar-refractivity contribution >= 4 is 16.9 Å². The number of nitrogens with one attached hydrogen (secondary N) is 1. The summed E-state index contributed by atoms with van der Waals surface area (Å²) in [7, 11) is 3.99. The number of imidazole rings is 1. The number of aromatic nitrogens is 2. The van der Waals surface area contributed by atoms with Crippen LogP contribution in [0.5, 0.6) is 11.5 Å². The van der Waals surface area contributed by atoms with Gasteiger partial charge in [0.15, 0.2) is 0 Å². The van der Waals surface area contributed by atoms with Gasteiger partial charge in [0.2, 0.25) is 0 Å². The van der Waals surface area contributed by atoms with Crippen LogP contribution in [0.3, 0.4) is 0 Å². The lowest BCUT2D eigenvalue weighted by atomic mass is 10.2. The molecule has 0 aliphatic heterocycles. The van der Waals surface area contributed by atoms with Gasteiger partial charge in [0, 0.05) is 18.2 Å². The van der Waals surface area contributed by atoms with E-state index < -0.39 is 6.36 Å². The van der Waals surface area contributed by atoms with Gasteiger partial charge in [-0.05, 0) is 75.1 Å². The van der Waals surface area contributed by atoms with Crippen LogP contribution in [-0.2, 0) is 6.61 Å². The standard InChI is InChI=1S/C27H27F3N4O3/c1-33(2)14-4-13-31-26(35)20-9-12-25-24(15-20)32-18-34(25)21-5-3-6-23(16-21)36-17-19-7-10-22(11-8-19)37-27(28,29)30/h3,5-12,15-16,18H,4,13-14,17H2,1-2H3,(H,31,35). The van der Waals surface area contributed by atoms with Crippen molar-refractivity contribution in [2.24, 2.45) is 0 Å². The molecule has 0 unspecified atom stereocenters. The van der Waals surface area contributed by atoms with Crippen LogP contribution in [0.4, 0.5) is 13.2 Å². The number of halogens is 3. The lowest BCUT2D eigenvalue weighted by molar-refractivity contribution is -0.274. The fourth-order valence-electron chi connectivity index (χ4n) is 3.74. The maximum Gasteiger partial charge on any atom is 0.573 e. The average molecular weight is 513 g/mol. The molecule has 0 bridgehead atoms. The van der Waals surface area contributed by atoms with Gasteiger partial charge in [-0.1, -0.05) is 18.2 Å². The van der Waals surface area contributed by atoms with Crippen LogP contribution in [0.15, 0.2) is 73.1 Å². The van der Waals surface area contributed by atoms with Crippen molar-refractivity contribution in [3.63, 3.8) is 0 Å². The molecule has 4 aromatic rings. The highest BCUT2D eigenvalue weighted by atomic mass is 19.4. The van der Waals surface area contributed by atoms with E-state index in [4.69, 9.17) is 4.74 Å². The van der Waals surface area contributed by atoms with Crippen LogP contribution in [-0.4, -0.2) is 53.9 Å². The molecule has 0 radical (unpaired) electrons. The lowest BCUT2D eigenvalue weighted by Gasteiger charge is -2.11. The van der Waals surface area contributed by atoms with Gasteiger partial charge in [-0.2, -0.15) is 0 Å². The number of rotatable bonds is 10. The van der Waals surface area contributed by atoms with Gasteiger partial charge in [-0.25, -0.2) is 4.98 Å². The van der Waals surface area contributed by atoms with Crippen LogP contribution in [0.2, 0.25) is 0 Å². The Hall–Kier alpha value is -4.05. The van der Waals surface area contributed by atoms with Crippen LogP contribution in [0.1, 0.15) is 22.3 Å². The van der Waals surface area contributed by atoms with E-state index in [1.54, 1.807) is 24.5 Å². The second kappa shape index (κ2) is 11.3. The van der Waals surface area contributed by atoms with Gasteiger partial charge in [-0.3, -0.25) is 9.36 Å². The van der Waals surface area contributed by atoms with Gasteiger partial charge < -0.3 is 19.7 Å². The van der Waals surface area contributed by atoms with Gasteiger partial charge in [0.1, 0.15) is 24.4 Å². The molecule has 0 saturated carbocycles. The number of alkyl halides is 3. The van der Waals surface area contributed by atoms with E-state index in [0.717, 1.165) is 24.2 Å². The number of hydrogen-bond donors (Lipinski definition) is 1. The topological polar surface area (TPSA) is 68.6 Å². The Morgan fingerprint density at radius 3 is 2.54 bits per heavy atom. The molecule has 7 nitrogen and oxygen atoms in total. The summed E-state index contributed by atoms with van der Waals surface area (Å²) < 4.78 is 48.6. The molecule has 0 atom stereocenters. The Balaban J connectivity index is 1.41. The molecule has 3 aromatic carbocycles. The molecule has 10 heteroatoms. The molecule has 0 spiro atoms. The first kappa shape index (κ1) is 26.0. The summed E-state index contributed by atoms with van der Waals surface area (Å²) in [6, 6.07) is 18.3. The molecule has 1 aromatic heterocycles. The van der Waals surface area contributed by atoms with Crippen LogP contribution in [0.25, 0.3) is 16.7 Å². The summed E-state index contributed by atoms with van der Waals surface area (Å²) in [4.78, 5) is 19.0. The second-order valence-electron chi connectivity index (χ2n) is 8.71. The van der Waals surface area contributed by atoms with Crippen molar-refractivity contribution in [1.29, 1.82) is 0 Å². The third kappa shape index (κ3) is 7.23. The zero-order valence-corrected chi connectivity index (χ0v) is 20.5. The predicted octanol–water partition coefficient (Wildman–Crippen LogP) is 5.18. The van der Waals surface area contributed by atoms with E-state index in [1.807, 2.05) is 42.9 Å². The molecule has 1 heterocycles. The minimum atomic E-state index is -4.73. The Kier molecular flexibility index (Phi) is 7.98. The first-order valence-corrected chi connectivity index (χ1v) is 11.7. The van der Waals surface area contributed by atoms with Gasteiger partial charge in [-0.15, -0.1) is 13.2 Å². The number of amides is 1. The first-order valence-electron chi connectivity index (χ1n) is 11.7. The summed E-state index contributed by atoms with van der Waals surface area (Å²) in [6.07, 6.45) is -2.18. The number of carbonyl (C=O) groups excluding carboxylic acids is 1. The van der Waals surface area contributed by atoms with Gasteiger partial charge >= 0.3 is 6.36 Å². The van der Waals surface area contributed by atoms with Crippen LogP contribution >= 0.6 is 0 Å². The SMILES string of the molecule is CN(C)CCCNC(=O)c1ccc2c(c1)ncn2-c1cccc(OCc2ccc(OC(F)(F)F)cc2)c1. The van der Waals surface area contributed by atoms with E-state index in [1.165, 1.54) is 24.3 Å². The summed E-state index contributed by atoms with van der Waals surface area (Å²) in [5.74, 6) is 0.169. The van der Waals surface area contributed by atoms with Crippen molar-refractivity contribution in [2.45, 2.75) is 19.4 Å². The summed E-state index contributed by atoms with van der Waals surface area (Å²) >= 11 is 0. The number of fused-ring (bicyclic) bond motifs is 1. The molecule has 4 rings (SSSR count). The molecule has 1 amide bonds. The normalized spacial score (nSPS) is 11.6. The number of carbonyl (C=O) groups is 1. The third-order valence-electron chi connectivity index (χ3n) is 5.54. The fourth-order valence-corrected chi connectivity index (χ4v) is 3.74. The largest absolute Gasteiger partial charge is 0.573 e. The molecule has 0 fully saturated rings. The van der Waals surface area contributed by atoms with E-state index in [0.29, 0.717) is 28.9 Å². The average Bonchev–Trinajstić information content (AvgIpc) is 3.28. The number of benzene rings is 3. The molecule has 194 valence electrons. The molecule has 0 aliphatic rings. The Labute approximate surface area is 212 Å². The maximum atomic E-state index is 12.5. The first-order chi connectivity index (χ1) is 17.7. The monoisotopic (exact) mass is 512 g/mol. The van der Waals surface area contributed by atoms with E-state index in [-0.39, 0.29) is 18.3 Å². The third-order valence-corrected chi connectivity index (χ3v) is 5.54. The maximum absolute atomic E-state index is 12.5. The molecule has 1 N–H and O–H groups in total. The zero-order valence-electron chi connectivity index (χ0n) is 20.5. The van der Waals surface area contributed by atoms with Gasteiger partial charge in [0.25, 0.3) is 5.91 Å². The summed E-state index contributed by atoms with van der Waals surface area (Å²) in [6.45, 7) is 1.67. The molecule has 37 heavy (non-hydrogen) atoms. The minimum absolute atomic E-state index is 0.136. The lowest BCUT2D eigenvalue weighted by Crippen LogP contribution is -2.27. The smallest absolute Gasteiger partial charge is 0.489 e. The van der Waals surface area contributed by atoms with Crippen molar-refractivity contribution in [3.05, 3.63) is 84.2 Å². The van der Waals surface area contributed by atoms with Crippen molar-refractivity contribution in [1.82, 2.24) is 19.8 Å². The number of hydrogen-bond acceptors (Lipinski definition) is 5. The Bertz CT molecular complexity index is 1350. The Morgan fingerprint density at radius 2 is 1.81 bits per heavy atom.